The van der Waals surface area contributed by atoms with Gasteiger partial charge in [-0.3, -0.25) is 0 Å². The van der Waals surface area contributed by atoms with E-state index < -0.39 is 5.97 Å². The Bertz CT molecular complexity index is 292. The minimum absolute atomic E-state index is 0.347. The van der Waals surface area contributed by atoms with Crippen LogP contribution in [0.2, 0.25) is 0 Å². The molecule has 1 N–H and O–H groups in total. The van der Waals surface area contributed by atoms with Crippen LogP contribution in [0.4, 0.5) is 0 Å². The lowest BCUT2D eigenvalue weighted by Crippen LogP contribution is -1.95. The smallest absolute Gasteiger partial charge is 0.335 e. The number of hydrogen-bond donors (Lipinski definition) is 1. The van der Waals surface area contributed by atoms with Gasteiger partial charge in [0.1, 0.15) is 6.29 Å². The predicted molar refractivity (Wildman–Crippen MR) is 49.9 cm³/mol. The second-order valence-corrected chi connectivity index (χ2v) is 2.41. The van der Waals surface area contributed by atoms with Gasteiger partial charge in [-0.05, 0) is 26.0 Å². The number of aryl methyl sites for hydroxylation is 1. The molecular formula is C10H12O3. The van der Waals surface area contributed by atoms with Crippen LogP contribution in [0.15, 0.2) is 24.3 Å². The van der Waals surface area contributed by atoms with E-state index in [1.54, 1.807) is 18.2 Å². The van der Waals surface area contributed by atoms with Crippen molar-refractivity contribution >= 4 is 12.3 Å². The quantitative estimate of drug-likeness (QED) is 0.671. The third-order valence-electron chi connectivity index (χ3n) is 1.27. The molecule has 0 heterocycles. The Hall–Kier alpha value is -1.64. The van der Waals surface area contributed by atoms with Crippen molar-refractivity contribution in [2.24, 2.45) is 0 Å². The minimum atomic E-state index is -0.872. The SMILES string of the molecule is CC=O.Cc1cccc(C(=O)O)c1. The summed E-state index contributed by atoms with van der Waals surface area (Å²) in [5.41, 5.74) is 1.32. The molecule has 1 rings (SSSR count). The molecule has 3 nitrogen and oxygen atoms in total. The van der Waals surface area contributed by atoms with E-state index in [2.05, 4.69) is 0 Å². The molecule has 0 saturated heterocycles. The van der Waals surface area contributed by atoms with Crippen molar-refractivity contribution in [1.82, 2.24) is 0 Å². The van der Waals surface area contributed by atoms with Crippen molar-refractivity contribution in [2.45, 2.75) is 13.8 Å². The number of carbonyl (C=O) groups excluding carboxylic acids is 1. The number of carbonyl (C=O) groups is 2. The molecule has 1 aromatic carbocycles. The van der Waals surface area contributed by atoms with Gasteiger partial charge in [-0.15, -0.1) is 0 Å². The normalized spacial score (nSPS) is 8.15. The molecule has 70 valence electrons. The van der Waals surface area contributed by atoms with Gasteiger partial charge in [0.05, 0.1) is 5.56 Å². The maximum atomic E-state index is 10.4. The van der Waals surface area contributed by atoms with Gasteiger partial charge in [-0.2, -0.15) is 0 Å². The number of hydrogen-bond acceptors (Lipinski definition) is 2. The lowest BCUT2D eigenvalue weighted by atomic mass is 10.1. The third kappa shape index (κ3) is 4.74. The molecule has 0 spiro atoms. The Morgan fingerprint density at radius 2 is 2.00 bits per heavy atom. The zero-order valence-corrected chi connectivity index (χ0v) is 7.65. The lowest BCUT2D eigenvalue weighted by Gasteiger charge is -1.93. The summed E-state index contributed by atoms with van der Waals surface area (Å²) >= 11 is 0. The van der Waals surface area contributed by atoms with E-state index in [1.165, 1.54) is 6.92 Å². The van der Waals surface area contributed by atoms with Crippen molar-refractivity contribution in [1.29, 1.82) is 0 Å². The molecule has 0 aliphatic carbocycles. The molecule has 0 amide bonds. The molecule has 0 aliphatic rings. The molecule has 0 aromatic heterocycles. The summed E-state index contributed by atoms with van der Waals surface area (Å²) in [6.07, 6.45) is 0.750. The van der Waals surface area contributed by atoms with Gasteiger partial charge >= 0.3 is 5.97 Å². The first-order valence-electron chi connectivity index (χ1n) is 3.81. The molecule has 0 aliphatic heterocycles. The lowest BCUT2D eigenvalue weighted by molar-refractivity contribution is -0.106. The number of rotatable bonds is 1. The number of aldehydes is 1. The average Bonchev–Trinajstić information content (AvgIpc) is 2.05. The van der Waals surface area contributed by atoms with Crippen LogP contribution in [0.25, 0.3) is 0 Å². The molecule has 3 heteroatoms. The molecular weight excluding hydrogens is 168 g/mol. The number of aromatic carboxylic acids is 1. The highest BCUT2D eigenvalue weighted by Gasteiger charge is 1.99. The van der Waals surface area contributed by atoms with Gasteiger partial charge in [0.2, 0.25) is 0 Å². The van der Waals surface area contributed by atoms with Gasteiger partial charge in [-0.25, -0.2) is 4.79 Å². The van der Waals surface area contributed by atoms with Gasteiger partial charge in [0, 0.05) is 0 Å². The van der Waals surface area contributed by atoms with Crippen molar-refractivity contribution in [3.8, 4) is 0 Å². The Morgan fingerprint density at radius 1 is 1.46 bits per heavy atom. The first-order valence-corrected chi connectivity index (χ1v) is 3.81. The Labute approximate surface area is 77.0 Å². The summed E-state index contributed by atoms with van der Waals surface area (Å²) in [6, 6.07) is 6.82. The van der Waals surface area contributed by atoms with Crippen LogP contribution in [0.3, 0.4) is 0 Å². The summed E-state index contributed by atoms with van der Waals surface area (Å²) in [5.74, 6) is -0.872. The molecule has 1 aromatic rings. The van der Waals surface area contributed by atoms with Crippen molar-refractivity contribution in [3.63, 3.8) is 0 Å². The van der Waals surface area contributed by atoms with Gasteiger partial charge in [0.15, 0.2) is 0 Å². The molecule has 0 atom stereocenters. The summed E-state index contributed by atoms with van der Waals surface area (Å²) in [6.45, 7) is 3.31. The first-order chi connectivity index (χ1) is 6.11. The van der Waals surface area contributed by atoms with Crippen LogP contribution >= 0.6 is 0 Å². The fourth-order valence-electron chi connectivity index (χ4n) is 0.778. The Morgan fingerprint density at radius 3 is 2.31 bits per heavy atom. The highest BCUT2D eigenvalue weighted by molar-refractivity contribution is 5.87. The third-order valence-corrected chi connectivity index (χ3v) is 1.27. The minimum Gasteiger partial charge on any atom is -0.478 e. The van der Waals surface area contributed by atoms with Crippen LogP contribution in [-0.4, -0.2) is 17.4 Å². The first kappa shape index (κ1) is 11.4. The topological polar surface area (TPSA) is 54.4 Å². The van der Waals surface area contributed by atoms with Crippen LogP contribution < -0.4 is 0 Å². The number of carboxylic acid groups (broad SMARTS) is 1. The molecule has 0 unspecified atom stereocenters. The monoisotopic (exact) mass is 180 g/mol. The van der Waals surface area contributed by atoms with Crippen molar-refractivity contribution < 1.29 is 14.7 Å². The van der Waals surface area contributed by atoms with Crippen molar-refractivity contribution in [2.75, 3.05) is 0 Å². The molecule has 0 fully saturated rings. The second-order valence-electron chi connectivity index (χ2n) is 2.41. The van der Waals surface area contributed by atoms with E-state index in [0.29, 0.717) is 5.56 Å². The highest BCUT2D eigenvalue weighted by atomic mass is 16.4. The summed E-state index contributed by atoms with van der Waals surface area (Å²) in [7, 11) is 0. The van der Waals surface area contributed by atoms with Crippen LogP contribution in [-0.2, 0) is 4.79 Å². The van der Waals surface area contributed by atoms with E-state index in [0.717, 1.165) is 11.8 Å². The Balaban J connectivity index is 0.000000424. The number of benzene rings is 1. The van der Waals surface area contributed by atoms with E-state index in [9.17, 15) is 4.79 Å². The van der Waals surface area contributed by atoms with E-state index in [4.69, 9.17) is 9.90 Å². The van der Waals surface area contributed by atoms with Crippen LogP contribution in [0.5, 0.6) is 0 Å². The zero-order valence-electron chi connectivity index (χ0n) is 7.65. The molecule has 13 heavy (non-hydrogen) atoms. The average molecular weight is 180 g/mol. The van der Waals surface area contributed by atoms with Gasteiger partial charge in [-0.1, -0.05) is 17.7 Å². The summed E-state index contributed by atoms with van der Waals surface area (Å²) < 4.78 is 0. The highest BCUT2D eigenvalue weighted by Crippen LogP contribution is 2.02. The fourth-order valence-corrected chi connectivity index (χ4v) is 0.778. The molecule has 0 bridgehead atoms. The maximum absolute atomic E-state index is 10.4. The molecule has 0 saturated carbocycles. The van der Waals surface area contributed by atoms with E-state index in [-0.39, 0.29) is 0 Å². The van der Waals surface area contributed by atoms with Gasteiger partial charge in [0.25, 0.3) is 0 Å². The Kier molecular flexibility index (Phi) is 5.19. The second kappa shape index (κ2) is 5.94. The van der Waals surface area contributed by atoms with E-state index >= 15 is 0 Å². The van der Waals surface area contributed by atoms with Crippen LogP contribution in [0.1, 0.15) is 22.8 Å². The molecule has 0 radical (unpaired) electrons. The van der Waals surface area contributed by atoms with Gasteiger partial charge < -0.3 is 9.90 Å². The van der Waals surface area contributed by atoms with Crippen molar-refractivity contribution in [3.05, 3.63) is 35.4 Å². The number of carboxylic acids is 1. The standard InChI is InChI=1S/C8H8O2.C2H4O/c1-6-3-2-4-7(5-6)8(9)10;1-2-3/h2-5H,1H3,(H,9,10);2H,1H3. The summed E-state index contributed by atoms with van der Waals surface area (Å²) in [4.78, 5) is 19.2. The zero-order chi connectivity index (χ0) is 10.3. The summed E-state index contributed by atoms with van der Waals surface area (Å²) in [5, 5.41) is 8.51. The fraction of sp³-hybridized carbons (Fsp3) is 0.200. The largest absolute Gasteiger partial charge is 0.478 e. The van der Waals surface area contributed by atoms with E-state index in [1.807, 2.05) is 13.0 Å². The van der Waals surface area contributed by atoms with Crippen LogP contribution in [0, 0.1) is 6.92 Å². The maximum Gasteiger partial charge on any atom is 0.335 e. The predicted octanol–water partition coefficient (Wildman–Crippen LogP) is 1.90.